The Hall–Kier alpha value is -0.760. The molecule has 1 aliphatic heterocycles. The van der Waals surface area contributed by atoms with Crippen molar-refractivity contribution >= 4 is 24.8 Å². The van der Waals surface area contributed by atoms with Crippen LogP contribution in [0.15, 0.2) is 18.2 Å². The average molecular weight is 524 g/mol. The van der Waals surface area contributed by atoms with Gasteiger partial charge in [-0.2, -0.15) is 0 Å². The van der Waals surface area contributed by atoms with Crippen molar-refractivity contribution in [3.05, 3.63) is 23.8 Å². The predicted octanol–water partition coefficient (Wildman–Crippen LogP) is 5.07. The molecular weight excluding hydrogens is 475 g/mol. The van der Waals surface area contributed by atoms with Crippen LogP contribution in [0, 0.1) is 11.8 Å². The minimum absolute atomic E-state index is 0. The van der Waals surface area contributed by atoms with Gasteiger partial charge in [0.25, 0.3) is 0 Å². The van der Waals surface area contributed by atoms with E-state index in [1.165, 1.54) is 31.2 Å². The first-order chi connectivity index (χ1) is 15.5. The maximum atomic E-state index is 10.8. The summed E-state index contributed by atoms with van der Waals surface area (Å²) in [4.78, 5) is 2.28. The topological polar surface area (TPSA) is 77.2 Å². The van der Waals surface area contributed by atoms with Gasteiger partial charge in [0.15, 0.2) is 11.5 Å². The fourth-order valence-electron chi connectivity index (χ4n) is 4.51. The van der Waals surface area contributed by atoms with Crippen molar-refractivity contribution in [2.45, 2.75) is 77.5 Å². The van der Waals surface area contributed by atoms with Gasteiger partial charge in [-0.05, 0) is 74.7 Å². The molecule has 2 rings (SSSR count). The Morgan fingerprint density at radius 2 is 1.65 bits per heavy atom. The molecule has 1 aromatic rings. The molecule has 1 fully saturated rings. The van der Waals surface area contributed by atoms with Crippen LogP contribution in [-0.4, -0.2) is 62.8 Å². The highest BCUT2D eigenvalue weighted by Crippen LogP contribution is 2.31. The van der Waals surface area contributed by atoms with E-state index in [2.05, 4.69) is 30.9 Å². The summed E-state index contributed by atoms with van der Waals surface area (Å²) in [6.45, 7) is 7.81. The molecule has 0 bridgehead atoms. The Bertz CT molecular complexity index is 643. The summed E-state index contributed by atoms with van der Waals surface area (Å²) in [5.41, 5.74) is 7.67. The van der Waals surface area contributed by atoms with Crippen LogP contribution in [0.4, 0.5) is 0 Å². The molecule has 0 saturated carbocycles. The van der Waals surface area contributed by atoms with E-state index in [1.54, 1.807) is 14.2 Å². The Balaban J connectivity index is 0.00000544. The van der Waals surface area contributed by atoms with Gasteiger partial charge < -0.3 is 25.1 Å². The normalized spacial score (nSPS) is 17.1. The number of nitrogens with zero attached hydrogens (tertiary/aromatic N) is 1. The lowest BCUT2D eigenvalue weighted by molar-refractivity contribution is 0.0421. The number of hydrogen-bond acceptors (Lipinski definition) is 6. The number of aliphatic hydroxyl groups excluding tert-OH is 1. The number of nitrogens with two attached hydrogens (primary N) is 1. The first-order valence-electron chi connectivity index (χ1n) is 12.4. The number of aliphatic hydroxyl groups is 1. The number of rotatable bonds is 14. The number of ether oxygens (including phenoxy) is 3. The van der Waals surface area contributed by atoms with E-state index >= 15 is 0 Å². The van der Waals surface area contributed by atoms with E-state index in [0.717, 1.165) is 50.3 Å². The minimum atomic E-state index is -0.482. The summed E-state index contributed by atoms with van der Waals surface area (Å²) in [6.07, 6.45) is 7.65. The zero-order valence-electron chi connectivity index (χ0n) is 21.5. The van der Waals surface area contributed by atoms with Gasteiger partial charge in [0, 0.05) is 20.1 Å². The molecule has 0 radical (unpaired) electrons. The highest BCUT2D eigenvalue weighted by molar-refractivity contribution is 5.85. The van der Waals surface area contributed by atoms with Crippen molar-refractivity contribution in [3.63, 3.8) is 0 Å². The third-order valence-corrected chi connectivity index (χ3v) is 6.71. The Labute approximate surface area is 219 Å². The number of likely N-dealkylation sites (tertiary alicyclic amines) is 1. The fourth-order valence-corrected chi connectivity index (χ4v) is 4.51. The highest BCUT2D eigenvalue weighted by Gasteiger charge is 2.25. The predicted molar refractivity (Wildman–Crippen MR) is 145 cm³/mol. The minimum Gasteiger partial charge on any atom is -0.493 e. The van der Waals surface area contributed by atoms with Gasteiger partial charge in [0.05, 0.1) is 26.0 Å². The second-order valence-corrected chi connectivity index (χ2v) is 9.47. The number of halogens is 2. The molecule has 1 aromatic carbocycles. The lowest BCUT2D eigenvalue weighted by Gasteiger charge is -2.32. The second-order valence-electron chi connectivity index (χ2n) is 9.47. The third-order valence-electron chi connectivity index (χ3n) is 6.71. The molecule has 0 aromatic heterocycles. The van der Waals surface area contributed by atoms with E-state index in [-0.39, 0.29) is 31.0 Å². The van der Waals surface area contributed by atoms with Gasteiger partial charge in [-0.25, -0.2) is 0 Å². The van der Waals surface area contributed by atoms with Crippen LogP contribution in [0.1, 0.15) is 64.4 Å². The summed E-state index contributed by atoms with van der Waals surface area (Å²) in [5, 5.41) is 10.8. The van der Waals surface area contributed by atoms with Crippen molar-refractivity contribution < 1.29 is 19.3 Å². The second kappa shape index (κ2) is 18.5. The van der Waals surface area contributed by atoms with E-state index in [1.807, 2.05) is 6.07 Å². The Morgan fingerprint density at radius 1 is 0.971 bits per heavy atom. The number of hydrogen-bond donors (Lipinski definition) is 2. The summed E-state index contributed by atoms with van der Waals surface area (Å²) in [7, 11) is 3.37. The van der Waals surface area contributed by atoms with Crippen LogP contribution in [0.2, 0.25) is 0 Å². The molecule has 0 unspecified atom stereocenters. The van der Waals surface area contributed by atoms with E-state index in [4.69, 9.17) is 19.9 Å². The average Bonchev–Trinajstić information content (AvgIpc) is 3.08. The molecule has 0 amide bonds. The first-order valence-corrected chi connectivity index (χ1v) is 12.4. The maximum absolute atomic E-state index is 10.8. The van der Waals surface area contributed by atoms with Crippen molar-refractivity contribution in [3.8, 4) is 11.5 Å². The molecule has 0 aliphatic carbocycles. The zero-order chi connectivity index (χ0) is 23.3. The Kier molecular flexibility index (Phi) is 18.1. The molecule has 1 saturated heterocycles. The van der Waals surface area contributed by atoms with Crippen LogP contribution in [0.5, 0.6) is 11.5 Å². The monoisotopic (exact) mass is 522 g/mol. The lowest BCUT2D eigenvalue weighted by atomic mass is 9.84. The largest absolute Gasteiger partial charge is 0.493 e. The molecule has 8 heteroatoms. The van der Waals surface area contributed by atoms with E-state index < -0.39 is 6.10 Å². The van der Waals surface area contributed by atoms with Crippen molar-refractivity contribution in [1.82, 2.24) is 4.90 Å². The molecule has 34 heavy (non-hydrogen) atoms. The van der Waals surface area contributed by atoms with E-state index in [0.29, 0.717) is 25.0 Å². The number of benzene rings is 1. The fraction of sp³-hybridized carbons (Fsp3) is 0.769. The van der Waals surface area contributed by atoms with Crippen molar-refractivity contribution in [1.29, 1.82) is 0 Å². The molecule has 6 nitrogen and oxygen atoms in total. The summed E-state index contributed by atoms with van der Waals surface area (Å²) in [5.74, 6) is 2.53. The molecule has 200 valence electrons. The highest BCUT2D eigenvalue weighted by atomic mass is 35.5. The third kappa shape index (κ3) is 11.3. The van der Waals surface area contributed by atoms with Gasteiger partial charge in [0.1, 0.15) is 0 Å². The van der Waals surface area contributed by atoms with Crippen LogP contribution in [0.25, 0.3) is 0 Å². The van der Waals surface area contributed by atoms with Crippen LogP contribution in [0.3, 0.4) is 0 Å². The molecule has 3 atom stereocenters. The Morgan fingerprint density at radius 3 is 2.24 bits per heavy atom. The SMILES string of the molecule is COCCCOc1cc(C[C@H](CC[C@H](O)[C@@H](N)N2CCCCCC2)C(C)C)ccc1OC.Cl.Cl. The maximum Gasteiger partial charge on any atom is 0.161 e. The van der Waals surface area contributed by atoms with Gasteiger partial charge in [-0.1, -0.05) is 32.8 Å². The van der Waals surface area contributed by atoms with Crippen LogP contribution >= 0.6 is 24.8 Å². The lowest BCUT2D eigenvalue weighted by Crippen LogP contribution is -2.50. The molecule has 1 aliphatic rings. The summed E-state index contributed by atoms with van der Waals surface area (Å²) in [6, 6.07) is 6.21. The zero-order valence-corrected chi connectivity index (χ0v) is 23.2. The molecular formula is C26H48Cl2N2O4. The summed E-state index contributed by atoms with van der Waals surface area (Å²) < 4.78 is 16.5. The first kappa shape index (κ1) is 33.2. The van der Waals surface area contributed by atoms with Gasteiger partial charge in [-0.15, -0.1) is 24.8 Å². The molecule has 3 N–H and O–H groups in total. The standard InChI is InChI=1S/C26H46N2O4.2ClH/c1-20(2)22(11-12-23(29)26(27)28-14-7-5-6-8-15-28)18-21-10-13-24(31-4)25(19-21)32-17-9-16-30-3;;/h10,13,19-20,22-23,26,29H,5-9,11-12,14-18,27H2,1-4H3;2*1H/t22-,23-,26-;;/m0../s1. The smallest absolute Gasteiger partial charge is 0.161 e. The molecule has 1 heterocycles. The quantitative estimate of drug-likeness (QED) is 0.332. The van der Waals surface area contributed by atoms with Crippen molar-refractivity contribution in [2.75, 3.05) is 40.5 Å². The van der Waals surface area contributed by atoms with Crippen molar-refractivity contribution in [2.24, 2.45) is 17.6 Å². The number of methoxy groups -OCH3 is 2. The van der Waals surface area contributed by atoms with E-state index in [9.17, 15) is 5.11 Å². The summed E-state index contributed by atoms with van der Waals surface area (Å²) >= 11 is 0. The van der Waals surface area contributed by atoms with Crippen LogP contribution in [-0.2, 0) is 11.2 Å². The van der Waals surface area contributed by atoms with Gasteiger partial charge >= 0.3 is 0 Å². The van der Waals surface area contributed by atoms with Gasteiger partial charge in [0.2, 0.25) is 0 Å². The molecule has 0 spiro atoms. The van der Waals surface area contributed by atoms with Crippen LogP contribution < -0.4 is 15.2 Å². The van der Waals surface area contributed by atoms with Gasteiger partial charge in [-0.3, -0.25) is 4.90 Å².